The van der Waals surface area contributed by atoms with Crippen LogP contribution < -0.4 is 19.9 Å². The van der Waals surface area contributed by atoms with Crippen LogP contribution in [0.5, 0.6) is 17.2 Å². The zero-order valence-electron chi connectivity index (χ0n) is 23.6. The maximum absolute atomic E-state index is 14.8. The average molecular weight is 585 g/mol. The first-order valence-corrected chi connectivity index (χ1v) is 15.3. The van der Waals surface area contributed by atoms with Gasteiger partial charge in [-0.05, 0) is 67.8 Å². The molecule has 220 valence electrons. The van der Waals surface area contributed by atoms with Crippen molar-refractivity contribution in [1.82, 2.24) is 4.90 Å². The van der Waals surface area contributed by atoms with E-state index >= 15 is 0 Å². The number of fused-ring (bicyclic) bond motifs is 1. The Hall–Kier alpha value is -3.18. The molecule has 3 aromatic carbocycles. The summed E-state index contributed by atoms with van der Waals surface area (Å²) in [5.41, 5.74) is 7.03. The fourth-order valence-corrected chi connectivity index (χ4v) is 8.17. The van der Waals surface area contributed by atoms with E-state index in [4.69, 9.17) is 24.7 Å². The Bertz CT molecular complexity index is 1460. The molecule has 1 fully saturated rings. The number of sulfone groups is 1. The van der Waals surface area contributed by atoms with E-state index in [0.29, 0.717) is 23.7 Å². The van der Waals surface area contributed by atoms with E-state index in [2.05, 4.69) is 6.92 Å². The van der Waals surface area contributed by atoms with Gasteiger partial charge in [-0.25, -0.2) is 17.7 Å². The molecule has 0 spiro atoms. The Morgan fingerprint density at radius 1 is 1.00 bits per heavy atom. The van der Waals surface area contributed by atoms with Crippen LogP contribution in [0.3, 0.4) is 0 Å². The predicted octanol–water partition coefficient (Wildman–Crippen LogP) is 5.39. The highest BCUT2D eigenvalue weighted by molar-refractivity contribution is 7.92. The van der Waals surface area contributed by atoms with E-state index in [1.807, 2.05) is 38.1 Å². The van der Waals surface area contributed by atoms with Crippen LogP contribution in [0, 0.1) is 5.82 Å². The molecule has 0 unspecified atom stereocenters. The topological polar surface area (TPSA) is 100 Å². The lowest BCUT2D eigenvalue weighted by molar-refractivity contribution is -0.0770. The van der Waals surface area contributed by atoms with Crippen LogP contribution in [-0.4, -0.2) is 43.5 Å². The van der Waals surface area contributed by atoms with Crippen molar-refractivity contribution in [1.29, 1.82) is 0 Å². The summed E-state index contributed by atoms with van der Waals surface area (Å²) in [6.45, 7) is 6.11. The van der Waals surface area contributed by atoms with Crippen LogP contribution in [0.25, 0.3) is 0 Å². The number of nitrogens with two attached hydrogens (primary N) is 1. The molecule has 10 heteroatoms. The molecule has 8 nitrogen and oxygen atoms in total. The normalized spacial score (nSPS) is 21.7. The number of hydrogen-bond donors (Lipinski definition) is 1. The summed E-state index contributed by atoms with van der Waals surface area (Å²) in [4.78, 5) is 0.423. The molecular weight excluding hydrogens is 547 g/mol. The van der Waals surface area contributed by atoms with E-state index in [1.54, 1.807) is 29.2 Å². The van der Waals surface area contributed by atoms with Crippen molar-refractivity contribution in [3.05, 3.63) is 83.7 Å². The average Bonchev–Trinajstić information content (AvgIpc) is 3.51. The predicted molar refractivity (Wildman–Crippen MR) is 153 cm³/mol. The summed E-state index contributed by atoms with van der Waals surface area (Å²) in [7, 11) is -4.07. The van der Waals surface area contributed by atoms with Gasteiger partial charge in [0.05, 0.1) is 11.0 Å². The van der Waals surface area contributed by atoms with Gasteiger partial charge < -0.3 is 24.7 Å². The third-order valence-electron chi connectivity index (χ3n) is 7.86. The van der Waals surface area contributed by atoms with E-state index in [0.717, 1.165) is 24.0 Å². The molecule has 2 heterocycles. The van der Waals surface area contributed by atoms with Gasteiger partial charge in [-0.1, -0.05) is 44.0 Å². The molecule has 2 N–H and O–H groups in total. The van der Waals surface area contributed by atoms with Gasteiger partial charge in [-0.3, -0.25) is 0 Å². The summed E-state index contributed by atoms with van der Waals surface area (Å²) in [6, 6.07) is 18.2. The molecule has 0 amide bonds. The number of hydrogen-bond acceptors (Lipinski definition) is 8. The Labute approximate surface area is 241 Å². The Balaban J connectivity index is 1.52. The van der Waals surface area contributed by atoms with Crippen LogP contribution in [0.15, 0.2) is 71.6 Å². The fraction of sp³-hybridized carbons (Fsp3) is 0.419. The van der Waals surface area contributed by atoms with Gasteiger partial charge in [0.25, 0.3) is 0 Å². The van der Waals surface area contributed by atoms with Gasteiger partial charge in [-0.2, -0.15) is 0 Å². The molecule has 0 radical (unpaired) electrons. The van der Waals surface area contributed by atoms with Crippen LogP contribution in [0.1, 0.15) is 51.2 Å². The minimum atomic E-state index is -4.07. The molecule has 41 heavy (non-hydrogen) atoms. The lowest BCUT2D eigenvalue weighted by atomic mass is 9.96. The molecule has 0 aromatic heterocycles. The Kier molecular flexibility index (Phi) is 8.29. The van der Waals surface area contributed by atoms with Gasteiger partial charge in [0.2, 0.25) is 16.6 Å². The second kappa shape index (κ2) is 11.6. The SMILES string of the molecule is CCCC[C@H]1OC(C)(C)N(CN)[C@@]1(Cc1ccc(OCc2ccc(F)cc2)cc1)S(=O)(=O)c1ccc2c(c1)OCO2. The number of rotatable bonds is 11. The Morgan fingerprint density at radius 3 is 2.37 bits per heavy atom. The standard InChI is InChI=1S/C31H37FN2O6S/c1-4-5-6-29-31(34(20-33)30(2,3)40-29,41(35,36)26-15-16-27-28(17-26)39-21-38-27)18-22-9-13-25(14-10-22)37-19-23-7-11-24(32)12-8-23/h7-17,29H,4-6,18-21,33H2,1-3H3/t29-,31+/m1/s1. The summed E-state index contributed by atoms with van der Waals surface area (Å²) in [6.07, 6.45) is 1.76. The van der Waals surface area contributed by atoms with Crippen molar-refractivity contribution in [3.63, 3.8) is 0 Å². The van der Waals surface area contributed by atoms with Crippen molar-refractivity contribution in [3.8, 4) is 17.2 Å². The first-order chi connectivity index (χ1) is 19.6. The summed E-state index contributed by atoms with van der Waals surface area (Å²) in [5, 5.41) is 0. The zero-order valence-corrected chi connectivity index (χ0v) is 24.5. The van der Waals surface area contributed by atoms with Crippen LogP contribution in [-0.2, 0) is 27.6 Å². The molecule has 5 rings (SSSR count). The Morgan fingerprint density at radius 2 is 1.68 bits per heavy atom. The first kappa shape index (κ1) is 29.3. The molecule has 2 atom stereocenters. The van der Waals surface area contributed by atoms with Crippen molar-refractivity contribution in [2.75, 3.05) is 13.5 Å². The monoisotopic (exact) mass is 584 g/mol. The van der Waals surface area contributed by atoms with Gasteiger partial charge in [0, 0.05) is 19.2 Å². The molecule has 0 saturated carbocycles. The highest BCUT2D eigenvalue weighted by atomic mass is 32.2. The molecule has 0 aliphatic carbocycles. The summed E-state index contributed by atoms with van der Waals surface area (Å²) < 4.78 is 66.2. The van der Waals surface area contributed by atoms with E-state index in [1.165, 1.54) is 18.2 Å². The van der Waals surface area contributed by atoms with Gasteiger partial charge in [0.1, 0.15) is 23.9 Å². The largest absolute Gasteiger partial charge is 0.489 e. The van der Waals surface area contributed by atoms with Crippen molar-refractivity contribution in [2.45, 2.75) is 74.7 Å². The number of nitrogens with zero attached hydrogens (tertiary/aromatic N) is 1. The minimum absolute atomic E-state index is 0.0156. The van der Waals surface area contributed by atoms with Crippen molar-refractivity contribution < 1.29 is 31.8 Å². The van der Waals surface area contributed by atoms with Gasteiger partial charge in [-0.15, -0.1) is 0 Å². The quantitative estimate of drug-likeness (QED) is 0.320. The maximum Gasteiger partial charge on any atom is 0.231 e. The van der Waals surface area contributed by atoms with E-state index < -0.39 is 26.5 Å². The zero-order chi connectivity index (χ0) is 29.3. The lowest BCUT2D eigenvalue weighted by Crippen LogP contribution is -2.62. The second-order valence-electron chi connectivity index (χ2n) is 10.9. The third kappa shape index (κ3) is 5.53. The number of halogens is 1. The number of unbranched alkanes of at least 4 members (excludes halogenated alkanes) is 1. The van der Waals surface area contributed by atoms with Crippen LogP contribution in [0.2, 0.25) is 0 Å². The molecule has 3 aromatic rings. The van der Waals surface area contributed by atoms with E-state index in [9.17, 15) is 12.8 Å². The van der Waals surface area contributed by atoms with Crippen molar-refractivity contribution >= 4 is 9.84 Å². The molecule has 0 bridgehead atoms. The van der Waals surface area contributed by atoms with E-state index in [-0.39, 0.29) is 37.2 Å². The van der Waals surface area contributed by atoms with Gasteiger partial charge >= 0.3 is 0 Å². The molecule has 2 aliphatic rings. The minimum Gasteiger partial charge on any atom is -0.489 e. The third-order valence-corrected chi connectivity index (χ3v) is 10.3. The first-order valence-electron chi connectivity index (χ1n) is 13.9. The second-order valence-corrected chi connectivity index (χ2v) is 13.1. The summed E-state index contributed by atoms with van der Waals surface area (Å²) >= 11 is 0. The fourth-order valence-electron chi connectivity index (χ4n) is 5.80. The van der Waals surface area contributed by atoms with Crippen molar-refractivity contribution in [2.24, 2.45) is 5.73 Å². The molecular formula is C31H37FN2O6S. The molecule has 1 saturated heterocycles. The smallest absolute Gasteiger partial charge is 0.231 e. The van der Waals surface area contributed by atoms with Crippen LogP contribution >= 0.6 is 0 Å². The van der Waals surface area contributed by atoms with Crippen LogP contribution in [0.4, 0.5) is 4.39 Å². The highest BCUT2D eigenvalue weighted by Crippen LogP contribution is 2.49. The number of ether oxygens (including phenoxy) is 4. The number of benzene rings is 3. The molecule has 2 aliphatic heterocycles. The lowest BCUT2D eigenvalue weighted by Gasteiger charge is -2.42. The maximum atomic E-state index is 14.8. The van der Waals surface area contributed by atoms with Gasteiger partial charge in [0.15, 0.2) is 16.4 Å². The summed E-state index contributed by atoms with van der Waals surface area (Å²) in [5.74, 6) is 1.22. The highest BCUT2D eigenvalue weighted by Gasteiger charge is 2.64.